The molecule has 9 aromatic rings. The van der Waals surface area contributed by atoms with Crippen LogP contribution in [0, 0.1) is 6.85 Å². The number of rotatable bonds is 11. The second-order valence-corrected chi connectivity index (χ2v) is 18.9. The SMILES string of the molecule is [2H]C([2H])([2H])c1cc(-c2c(C(C)C)cccc2C([2H])(C)C)ccc1-n1c(-c2cc(C([2H])(C)C)cc(C([2H])(C)C)c2O)nc2c(-c3cc(-c4ccccc4)cc(-c4cc(-c5ccc(C(C([2H])([2H])[2H])(C([2H])([2H])[2H])C([2H])([2H])[2H])cc5)ccn4)c3)cccc21. The summed E-state index contributed by atoms with van der Waals surface area (Å²) in [6.07, 6.45) is 1.61. The van der Waals surface area contributed by atoms with Crippen LogP contribution in [0.4, 0.5) is 0 Å². The van der Waals surface area contributed by atoms with Gasteiger partial charge in [0.15, 0.2) is 0 Å². The lowest BCUT2D eigenvalue weighted by molar-refractivity contribution is 0.466. The summed E-state index contributed by atoms with van der Waals surface area (Å²) in [5.41, 5.74) is 6.91. The van der Waals surface area contributed by atoms with Gasteiger partial charge in [-0.25, -0.2) is 4.98 Å². The van der Waals surface area contributed by atoms with E-state index >= 15 is 0 Å². The van der Waals surface area contributed by atoms with Crippen LogP contribution >= 0.6 is 0 Å². The Kier molecular flexibility index (Phi) is 8.69. The van der Waals surface area contributed by atoms with Crippen LogP contribution < -0.4 is 0 Å². The van der Waals surface area contributed by atoms with E-state index in [1.165, 1.54) is 24.3 Å². The van der Waals surface area contributed by atoms with E-state index < -0.39 is 50.5 Å². The van der Waals surface area contributed by atoms with Crippen LogP contribution in [0.3, 0.4) is 0 Å². The molecule has 9 rings (SSSR count). The second kappa shape index (κ2) is 18.8. The molecule has 0 fully saturated rings. The summed E-state index contributed by atoms with van der Waals surface area (Å²) in [5.74, 6) is -3.67. The maximum absolute atomic E-state index is 12.5. The van der Waals surface area contributed by atoms with E-state index in [9.17, 15) is 13.3 Å². The van der Waals surface area contributed by atoms with Crippen LogP contribution in [-0.4, -0.2) is 19.6 Å². The molecule has 2 heterocycles. The average molecular weight is 921 g/mol. The van der Waals surface area contributed by atoms with Crippen molar-refractivity contribution >= 4 is 11.0 Å². The molecule has 0 aliphatic rings. The minimum atomic E-state index is -3.42. The summed E-state index contributed by atoms with van der Waals surface area (Å²) in [6, 6.07) is 44.8. The molecule has 0 radical (unpaired) electrons. The predicted octanol–water partition coefficient (Wildman–Crippen LogP) is 18.2. The second-order valence-electron chi connectivity index (χ2n) is 18.9. The summed E-state index contributed by atoms with van der Waals surface area (Å²) in [7, 11) is 0. The minimum absolute atomic E-state index is 0.0177. The van der Waals surface area contributed by atoms with E-state index in [-0.39, 0.29) is 45.4 Å². The van der Waals surface area contributed by atoms with Gasteiger partial charge in [-0.3, -0.25) is 9.55 Å². The van der Waals surface area contributed by atoms with Crippen LogP contribution in [-0.2, 0) is 5.41 Å². The Morgan fingerprint density at radius 1 is 0.551 bits per heavy atom. The molecule has 2 aromatic heterocycles. The van der Waals surface area contributed by atoms with Crippen LogP contribution in [0.1, 0.15) is 153 Å². The summed E-state index contributed by atoms with van der Waals surface area (Å²) >= 11 is 0. The standard InChI is InChI=1S/C65H67N3O/c1-39(2)48-36-56(42(7)8)63(69)57(37-48)64-67-62-55(22-17-23-60(62)68(64)59-29-26-47(32-43(59)9)61-53(40(3)4)20-16-21-54(61)41(5)6)50-33-49(44-18-14-13-15-19-44)34-51(35-50)58-38-46(30-31-66-58)45-24-27-52(28-25-45)65(10,11)12/h13-42,69H,1-12H3/i9D3,10D3,11D3,12D3,39D,40D,42D. The largest absolute Gasteiger partial charge is 0.507 e. The molecule has 4 heteroatoms. The first-order valence-electron chi connectivity index (χ1n) is 30.8. The maximum atomic E-state index is 12.5. The summed E-state index contributed by atoms with van der Waals surface area (Å²) in [5, 5.41) is 12.5. The molecule has 0 bridgehead atoms. The molecule has 0 saturated heterocycles. The number of nitrogens with zero attached hydrogens (tertiary/aromatic N) is 3. The van der Waals surface area contributed by atoms with Crippen molar-refractivity contribution in [3.63, 3.8) is 0 Å². The van der Waals surface area contributed by atoms with Gasteiger partial charge >= 0.3 is 0 Å². The highest BCUT2D eigenvalue weighted by Gasteiger charge is 2.25. The highest BCUT2D eigenvalue weighted by Crippen LogP contribution is 2.45. The van der Waals surface area contributed by atoms with Gasteiger partial charge < -0.3 is 5.11 Å². The summed E-state index contributed by atoms with van der Waals surface area (Å²) < 4.78 is 131. The zero-order chi connectivity index (χ0) is 61.7. The van der Waals surface area contributed by atoms with Gasteiger partial charge in [0.1, 0.15) is 11.6 Å². The number of hydrogen-bond donors (Lipinski definition) is 1. The van der Waals surface area contributed by atoms with Crippen LogP contribution in [0.5, 0.6) is 5.75 Å². The first-order chi connectivity index (χ1) is 38.8. The Morgan fingerprint density at radius 2 is 1.23 bits per heavy atom. The number of imidazole rings is 1. The first kappa shape index (κ1) is 31.9. The Labute approximate surface area is 431 Å². The number of aromatic nitrogens is 3. The molecule has 0 unspecified atom stereocenters. The van der Waals surface area contributed by atoms with Crippen molar-refractivity contribution in [2.24, 2.45) is 0 Å². The number of hydrogen-bond acceptors (Lipinski definition) is 3. The fourth-order valence-electron chi connectivity index (χ4n) is 9.32. The van der Waals surface area contributed by atoms with E-state index in [1.807, 2.05) is 111 Å². The van der Waals surface area contributed by atoms with E-state index in [4.69, 9.17) is 22.3 Å². The number of aromatic hydroxyl groups is 1. The van der Waals surface area contributed by atoms with Crippen molar-refractivity contribution in [2.45, 2.75) is 112 Å². The third-order valence-corrected chi connectivity index (χ3v) is 13.0. The van der Waals surface area contributed by atoms with Gasteiger partial charge in [-0.15, -0.1) is 0 Å². The van der Waals surface area contributed by atoms with Gasteiger partial charge in [0.25, 0.3) is 0 Å². The molecule has 0 saturated carbocycles. The highest BCUT2D eigenvalue weighted by molar-refractivity contribution is 5.98. The number of fused-ring (bicyclic) bond motifs is 1. The van der Waals surface area contributed by atoms with Gasteiger partial charge in [-0.1, -0.05) is 173 Å². The number of pyridine rings is 1. The van der Waals surface area contributed by atoms with E-state index in [0.29, 0.717) is 55.7 Å². The van der Waals surface area contributed by atoms with Crippen molar-refractivity contribution in [3.05, 3.63) is 191 Å². The quantitative estimate of drug-likeness (QED) is 0.141. The predicted molar refractivity (Wildman–Crippen MR) is 293 cm³/mol. The molecule has 4 nitrogen and oxygen atoms in total. The zero-order valence-electron chi connectivity index (χ0n) is 55.4. The molecular formula is C65H67N3O. The number of para-hydroxylation sites is 1. The number of phenolic OH excluding ortho intramolecular Hbond substituents is 1. The molecular weight excluding hydrogens is 839 g/mol. The smallest absolute Gasteiger partial charge is 0.149 e. The molecule has 69 heavy (non-hydrogen) atoms. The van der Waals surface area contributed by atoms with Gasteiger partial charge in [-0.2, -0.15) is 0 Å². The fourth-order valence-corrected chi connectivity index (χ4v) is 9.32. The third kappa shape index (κ3) is 9.18. The highest BCUT2D eigenvalue weighted by atomic mass is 16.3. The lowest BCUT2D eigenvalue weighted by Gasteiger charge is -2.22. The van der Waals surface area contributed by atoms with Crippen LogP contribution in [0.15, 0.2) is 158 Å². The topological polar surface area (TPSA) is 50.9 Å². The van der Waals surface area contributed by atoms with Crippen molar-refractivity contribution in [1.82, 2.24) is 14.5 Å². The molecule has 0 spiro atoms. The fraction of sp³-hybridized carbons (Fsp3) is 0.262. The zero-order valence-corrected chi connectivity index (χ0v) is 40.4. The number of aryl methyl sites for hydroxylation is 1. The van der Waals surface area contributed by atoms with Crippen molar-refractivity contribution < 1.29 is 25.7 Å². The lowest BCUT2D eigenvalue weighted by Crippen LogP contribution is -2.10. The van der Waals surface area contributed by atoms with Crippen LogP contribution in [0.25, 0.3) is 83.9 Å². The third-order valence-electron chi connectivity index (χ3n) is 13.0. The number of phenols is 1. The molecule has 0 amide bonds. The monoisotopic (exact) mass is 921 g/mol. The Morgan fingerprint density at radius 3 is 1.93 bits per heavy atom. The summed E-state index contributed by atoms with van der Waals surface area (Å²) in [6.45, 7) is 1.48. The first-order valence-corrected chi connectivity index (χ1v) is 23.3. The van der Waals surface area contributed by atoms with Crippen molar-refractivity contribution in [1.29, 1.82) is 0 Å². The average Bonchev–Trinajstić information content (AvgIpc) is 0.985. The Balaban J connectivity index is 1.31. The Hall–Kier alpha value is -7.04. The van der Waals surface area contributed by atoms with Crippen molar-refractivity contribution in [3.8, 4) is 78.6 Å². The molecule has 7 aromatic carbocycles. The van der Waals surface area contributed by atoms with Gasteiger partial charge in [0.05, 0.1) is 28.0 Å². The van der Waals surface area contributed by atoms with Crippen molar-refractivity contribution in [2.75, 3.05) is 0 Å². The number of benzene rings is 7. The molecule has 0 aliphatic carbocycles. The van der Waals surface area contributed by atoms with Gasteiger partial charge in [0, 0.05) is 37.9 Å². The maximum Gasteiger partial charge on any atom is 0.149 e. The molecule has 1 N–H and O–H groups in total. The Bertz CT molecular complexity index is 3910. The van der Waals surface area contributed by atoms with E-state index in [1.54, 1.807) is 68.8 Å². The molecule has 0 aliphatic heterocycles. The lowest BCUT2D eigenvalue weighted by atomic mass is 9.84. The minimum Gasteiger partial charge on any atom is -0.507 e. The van der Waals surface area contributed by atoms with Gasteiger partial charge in [-0.05, 0) is 163 Å². The van der Waals surface area contributed by atoms with E-state index in [0.717, 1.165) is 27.8 Å². The molecule has 348 valence electrons. The summed E-state index contributed by atoms with van der Waals surface area (Å²) in [4.78, 5) is 10.2. The molecule has 0 atom stereocenters. The van der Waals surface area contributed by atoms with Crippen LogP contribution in [0.2, 0.25) is 0 Å². The van der Waals surface area contributed by atoms with Gasteiger partial charge in [0.2, 0.25) is 0 Å². The van der Waals surface area contributed by atoms with E-state index in [2.05, 4.69) is 13.8 Å². The normalized spacial score (nSPS) is 16.4.